The van der Waals surface area contributed by atoms with Crippen molar-refractivity contribution in [1.82, 2.24) is 0 Å². The van der Waals surface area contributed by atoms with Gasteiger partial charge in [-0.2, -0.15) is 5.26 Å². The van der Waals surface area contributed by atoms with E-state index >= 15 is 0 Å². The fraction of sp³-hybridized carbons (Fsp3) is 0.333. The van der Waals surface area contributed by atoms with Crippen LogP contribution in [0, 0.1) is 11.3 Å². The highest BCUT2D eigenvalue weighted by molar-refractivity contribution is 5.88. The number of hydrogen-bond acceptors (Lipinski definition) is 2. The number of quaternary nitrogens is 1. The molecule has 0 bridgehead atoms. The summed E-state index contributed by atoms with van der Waals surface area (Å²) in [5.74, 6) is 0.0713. The van der Waals surface area contributed by atoms with Crippen LogP contribution < -0.4 is 0 Å². The molecule has 0 radical (unpaired) electrons. The van der Waals surface area contributed by atoms with Crippen LogP contribution in [0.1, 0.15) is 22.8 Å². The second kappa shape index (κ2) is 4.24. The highest BCUT2D eigenvalue weighted by Gasteiger charge is 2.25. The molecular formula is C12H15N2O+. The lowest BCUT2D eigenvalue weighted by atomic mass is 10.1. The zero-order valence-electron chi connectivity index (χ0n) is 9.32. The van der Waals surface area contributed by atoms with Gasteiger partial charge in [-0.15, -0.1) is 0 Å². The van der Waals surface area contributed by atoms with Gasteiger partial charge in [-0.1, -0.05) is 0 Å². The molecule has 0 aliphatic rings. The fourth-order valence-electron chi connectivity index (χ4n) is 1.18. The molecule has 0 aliphatic heterocycles. The van der Waals surface area contributed by atoms with Gasteiger partial charge in [0, 0.05) is 0 Å². The summed E-state index contributed by atoms with van der Waals surface area (Å²) in [6.45, 7) is 2.72. The van der Waals surface area contributed by atoms with Crippen molar-refractivity contribution >= 4 is 5.91 Å². The van der Waals surface area contributed by atoms with Crippen LogP contribution in [0.2, 0.25) is 0 Å². The maximum absolute atomic E-state index is 12.0. The van der Waals surface area contributed by atoms with Crippen molar-refractivity contribution in [2.75, 3.05) is 20.6 Å². The Hall–Kier alpha value is -1.66. The molecule has 1 aromatic carbocycles. The van der Waals surface area contributed by atoms with E-state index in [1.807, 2.05) is 27.1 Å². The summed E-state index contributed by atoms with van der Waals surface area (Å²) in [7, 11) is 3.75. The van der Waals surface area contributed by atoms with Crippen LogP contribution in [0.5, 0.6) is 0 Å². The number of hydrogen-bond donors (Lipinski definition) is 0. The first kappa shape index (κ1) is 11.4. The lowest BCUT2D eigenvalue weighted by Crippen LogP contribution is -2.45. The molecule has 78 valence electrons. The van der Waals surface area contributed by atoms with Gasteiger partial charge in [-0.3, -0.25) is 4.48 Å². The summed E-state index contributed by atoms with van der Waals surface area (Å²) >= 11 is 0. The molecule has 0 saturated heterocycles. The minimum Gasteiger partial charge on any atom is -0.261 e. The Bertz CT molecular complexity index is 399. The van der Waals surface area contributed by atoms with E-state index in [0.29, 0.717) is 15.6 Å². The molecule has 3 nitrogen and oxygen atoms in total. The number of nitrogens with zero attached hydrogens (tertiary/aromatic N) is 2. The molecule has 1 rings (SSSR count). The van der Waals surface area contributed by atoms with Crippen LogP contribution in [-0.4, -0.2) is 31.0 Å². The Kier molecular flexibility index (Phi) is 3.23. The van der Waals surface area contributed by atoms with E-state index in [2.05, 4.69) is 0 Å². The minimum absolute atomic E-state index is 0.0713. The highest BCUT2D eigenvalue weighted by atomic mass is 16.2. The van der Waals surface area contributed by atoms with Gasteiger partial charge in [0.25, 0.3) is 0 Å². The summed E-state index contributed by atoms with van der Waals surface area (Å²) in [5.41, 5.74) is 1.23. The van der Waals surface area contributed by atoms with Gasteiger partial charge >= 0.3 is 5.91 Å². The summed E-state index contributed by atoms with van der Waals surface area (Å²) < 4.78 is 0.325. The number of carbonyl (C=O) groups is 1. The lowest BCUT2D eigenvalue weighted by Gasteiger charge is -2.24. The maximum atomic E-state index is 12.0. The summed E-state index contributed by atoms with van der Waals surface area (Å²) in [6.07, 6.45) is 0. The molecule has 0 unspecified atom stereocenters. The average molecular weight is 203 g/mol. The van der Waals surface area contributed by atoms with Crippen LogP contribution in [0.4, 0.5) is 0 Å². The second-order valence-electron chi connectivity index (χ2n) is 4.00. The third-order valence-corrected chi connectivity index (χ3v) is 2.60. The van der Waals surface area contributed by atoms with E-state index < -0.39 is 0 Å². The zero-order valence-corrected chi connectivity index (χ0v) is 9.32. The first-order valence-corrected chi connectivity index (χ1v) is 4.89. The van der Waals surface area contributed by atoms with Crippen molar-refractivity contribution in [1.29, 1.82) is 5.26 Å². The van der Waals surface area contributed by atoms with Gasteiger partial charge in [-0.25, -0.2) is 4.79 Å². The molecule has 1 amide bonds. The summed E-state index contributed by atoms with van der Waals surface area (Å²) in [5, 5.41) is 8.63. The van der Waals surface area contributed by atoms with Gasteiger partial charge in [0.05, 0.1) is 37.8 Å². The third-order valence-electron chi connectivity index (χ3n) is 2.60. The average Bonchev–Trinajstić information content (AvgIpc) is 2.28. The zero-order chi connectivity index (χ0) is 11.5. The third kappa shape index (κ3) is 2.42. The molecule has 1 aromatic rings. The van der Waals surface area contributed by atoms with Crippen molar-refractivity contribution in [3.63, 3.8) is 0 Å². The SMILES string of the molecule is CC[N+](C)(C)C(=O)c1ccc(C#N)cc1. The van der Waals surface area contributed by atoms with E-state index in [1.54, 1.807) is 24.3 Å². The Morgan fingerprint density at radius 3 is 2.27 bits per heavy atom. The quantitative estimate of drug-likeness (QED) is 0.688. The van der Waals surface area contributed by atoms with Crippen molar-refractivity contribution < 1.29 is 9.28 Å². The van der Waals surface area contributed by atoms with Crippen LogP contribution in [-0.2, 0) is 0 Å². The molecule has 0 fully saturated rings. The predicted octanol–water partition coefficient (Wildman–Crippen LogP) is 1.79. The summed E-state index contributed by atoms with van der Waals surface area (Å²) in [4.78, 5) is 12.0. The largest absolute Gasteiger partial charge is 0.345 e. The first-order valence-electron chi connectivity index (χ1n) is 4.89. The molecule has 0 aliphatic carbocycles. The van der Waals surface area contributed by atoms with Gasteiger partial charge in [-0.05, 0) is 31.2 Å². The molecule has 0 N–H and O–H groups in total. The van der Waals surface area contributed by atoms with Crippen LogP contribution in [0.3, 0.4) is 0 Å². The van der Waals surface area contributed by atoms with Gasteiger partial charge in [0.2, 0.25) is 0 Å². The van der Waals surface area contributed by atoms with E-state index in [9.17, 15) is 4.79 Å². The molecule has 3 heteroatoms. The van der Waals surface area contributed by atoms with Gasteiger partial charge < -0.3 is 0 Å². The molecule has 0 aromatic heterocycles. The number of carbonyl (C=O) groups excluding carboxylic acids is 1. The van der Waals surface area contributed by atoms with Crippen LogP contribution in [0.15, 0.2) is 24.3 Å². The molecule has 0 atom stereocenters. The second-order valence-corrected chi connectivity index (χ2v) is 4.00. The van der Waals surface area contributed by atoms with Crippen LogP contribution >= 0.6 is 0 Å². The van der Waals surface area contributed by atoms with E-state index in [1.165, 1.54) is 0 Å². The molecule has 0 saturated carbocycles. The van der Waals surface area contributed by atoms with E-state index in [0.717, 1.165) is 6.54 Å². The molecule has 15 heavy (non-hydrogen) atoms. The van der Waals surface area contributed by atoms with Crippen molar-refractivity contribution in [3.05, 3.63) is 35.4 Å². The number of nitriles is 1. The number of benzene rings is 1. The molecular weight excluding hydrogens is 188 g/mol. The van der Waals surface area contributed by atoms with Crippen LogP contribution in [0.25, 0.3) is 0 Å². The van der Waals surface area contributed by atoms with E-state index in [-0.39, 0.29) is 5.91 Å². The summed E-state index contributed by atoms with van der Waals surface area (Å²) in [6, 6.07) is 8.78. The number of rotatable bonds is 2. The normalized spacial score (nSPS) is 10.8. The van der Waals surface area contributed by atoms with E-state index in [4.69, 9.17) is 5.26 Å². The van der Waals surface area contributed by atoms with Crippen molar-refractivity contribution in [2.24, 2.45) is 0 Å². The lowest BCUT2D eigenvalue weighted by molar-refractivity contribution is -0.805. The Morgan fingerprint density at radius 1 is 1.33 bits per heavy atom. The Labute approximate surface area is 90.1 Å². The Morgan fingerprint density at radius 2 is 1.87 bits per heavy atom. The predicted molar refractivity (Wildman–Crippen MR) is 58.1 cm³/mol. The number of amides is 1. The Balaban J connectivity index is 2.99. The monoisotopic (exact) mass is 203 g/mol. The molecule has 0 spiro atoms. The van der Waals surface area contributed by atoms with Gasteiger partial charge in [0.1, 0.15) is 0 Å². The smallest absolute Gasteiger partial charge is 0.261 e. The standard InChI is InChI=1S/C12H15N2O/c1-4-14(2,3)12(15)11-7-5-10(9-13)6-8-11/h5-8H,4H2,1-3H3/q+1. The fourth-order valence-corrected chi connectivity index (χ4v) is 1.18. The van der Waals surface area contributed by atoms with Gasteiger partial charge in [0.15, 0.2) is 0 Å². The topological polar surface area (TPSA) is 40.9 Å². The van der Waals surface area contributed by atoms with Crippen molar-refractivity contribution in [3.8, 4) is 6.07 Å². The first-order chi connectivity index (χ1) is 7.01. The minimum atomic E-state index is 0.0713. The highest BCUT2D eigenvalue weighted by Crippen LogP contribution is 2.10. The molecule has 0 heterocycles. The maximum Gasteiger partial charge on any atom is 0.345 e. The van der Waals surface area contributed by atoms with Crippen molar-refractivity contribution in [2.45, 2.75) is 6.92 Å².